The Balaban J connectivity index is 1.75. The summed E-state index contributed by atoms with van der Waals surface area (Å²) in [5.41, 5.74) is 0.952. The van der Waals surface area contributed by atoms with Gasteiger partial charge in [-0.15, -0.1) is 0 Å². The van der Waals surface area contributed by atoms with Crippen LogP contribution in [0, 0.1) is 5.92 Å². The van der Waals surface area contributed by atoms with E-state index in [1.54, 1.807) is 7.05 Å². The summed E-state index contributed by atoms with van der Waals surface area (Å²) in [6.45, 7) is 0. The Morgan fingerprint density at radius 1 is 1.09 bits per heavy atom. The molecular formula is C18H25N3O2. The molecule has 0 unspecified atom stereocenters. The van der Waals surface area contributed by atoms with Crippen LogP contribution in [0.25, 0.3) is 0 Å². The quantitative estimate of drug-likeness (QED) is 0.745. The molecule has 2 aliphatic rings. The molecule has 2 aliphatic carbocycles. The average Bonchev–Trinajstić information content (AvgIpc) is 3.27. The van der Waals surface area contributed by atoms with Crippen LogP contribution in [0.1, 0.15) is 43.7 Å². The lowest BCUT2D eigenvalue weighted by atomic mass is 9.99. The maximum atomic E-state index is 12.7. The van der Waals surface area contributed by atoms with Crippen LogP contribution in [0.4, 0.5) is 0 Å². The van der Waals surface area contributed by atoms with Crippen LogP contribution < -0.4 is 16.0 Å². The second-order valence-corrected chi connectivity index (χ2v) is 6.55. The Kier molecular flexibility index (Phi) is 4.96. The maximum absolute atomic E-state index is 12.7. The molecule has 2 amide bonds. The summed E-state index contributed by atoms with van der Waals surface area (Å²) in [5.74, 6) is 0.0237. The van der Waals surface area contributed by atoms with E-state index in [9.17, 15) is 9.59 Å². The normalized spacial score (nSPS) is 24.9. The number of rotatable bonds is 6. The first kappa shape index (κ1) is 16.0. The molecule has 5 heteroatoms. The van der Waals surface area contributed by atoms with Crippen molar-refractivity contribution in [1.82, 2.24) is 16.0 Å². The number of hydrogen-bond donors (Lipinski definition) is 3. The van der Waals surface area contributed by atoms with Crippen LogP contribution in [0.3, 0.4) is 0 Å². The second kappa shape index (κ2) is 7.13. The zero-order valence-corrected chi connectivity index (χ0v) is 13.5. The third-order valence-corrected chi connectivity index (χ3v) is 4.80. The van der Waals surface area contributed by atoms with Crippen molar-refractivity contribution in [3.63, 3.8) is 0 Å². The lowest BCUT2D eigenvalue weighted by Crippen LogP contribution is -2.47. The van der Waals surface area contributed by atoms with Crippen LogP contribution >= 0.6 is 0 Å². The van der Waals surface area contributed by atoms with E-state index in [1.165, 1.54) is 0 Å². The third-order valence-electron chi connectivity index (χ3n) is 4.80. The molecule has 124 valence electrons. The molecule has 0 saturated heterocycles. The van der Waals surface area contributed by atoms with Gasteiger partial charge in [0.15, 0.2) is 0 Å². The highest BCUT2D eigenvalue weighted by atomic mass is 16.2. The molecule has 0 radical (unpaired) electrons. The van der Waals surface area contributed by atoms with Crippen molar-refractivity contribution in [2.75, 3.05) is 7.05 Å². The highest BCUT2D eigenvalue weighted by Crippen LogP contribution is 2.29. The van der Waals surface area contributed by atoms with Crippen LogP contribution in [0.2, 0.25) is 0 Å². The molecule has 1 aromatic carbocycles. The minimum atomic E-state index is -0.396. The van der Waals surface area contributed by atoms with Gasteiger partial charge < -0.3 is 10.6 Å². The van der Waals surface area contributed by atoms with Gasteiger partial charge in [-0.1, -0.05) is 36.8 Å². The van der Waals surface area contributed by atoms with Crippen molar-refractivity contribution in [3.8, 4) is 0 Å². The molecule has 23 heavy (non-hydrogen) atoms. The maximum Gasteiger partial charge on any atom is 0.241 e. The first-order valence-electron chi connectivity index (χ1n) is 8.52. The fourth-order valence-corrected chi connectivity index (χ4v) is 3.35. The van der Waals surface area contributed by atoms with Crippen molar-refractivity contribution in [2.24, 2.45) is 5.92 Å². The standard InChI is InChI=1S/C18H25N3O2/c1-19-17(22)14-8-5-9-15(14)21-16(12-6-3-2-4-7-12)18(23)20-13-10-11-13/h2-4,6-7,13-16,21H,5,8-11H2,1H3,(H,19,22)(H,20,23)/t14-,15-,16-/m1/s1. The van der Waals surface area contributed by atoms with E-state index in [-0.39, 0.29) is 23.8 Å². The molecule has 2 saturated carbocycles. The first-order chi connectivity index (χ1) is 11.2. The summed E-state index contributed by atoms with van der Waals surface area (Å²) in [6, 6.07) is 9.74. The highest BCUT2D eigenvalue weighted by molar-refractivity contribution is 5.84. The Bertz CT molecular complexity index is 557. The van der Waals surface area contributed by atoms with Crippen molar-refractivity contribution in [1.29, 1.82) is 0 Å². The predicted octanol–water partition coefficient (Wildman–Crippen LogP) is 1.51. The molecule has 5 nitrogen and oxygen atoms in total. The van der Waals surface area contributed by atoms with Crippen LogP contribution in [-0.2, 0) is 9.59 Å². The van der Waals surface area contributed by atoms with Crippen LogP contribution in [-0.4, -0.2) is 30.9 Å². The third kappa shape index (κ3) is 3.91. The summed E-state index contributed by atoms with van der Waals surface area (Å²) >= 11 is 0. The fraction of sp³-hybridized carbons (Fsp3) is 0.556. The van der Waals surface area contributed by atoms with E-state index in [2.05, 4.69) is 16.0 Å². The predicted molar refractivity (Wildman–Crippen MR) is 88.7 cm³/mol. The van der Waals surface area contributed by atoms with Gasteiger partial charge in [0.1, 0.15) is 6.04 Å². The van der Waals surface area contributed by atoms with E-state index in [1.807, 2.05) is 30.3 Å². The lowest BCUT2D eigenvalue weighted by Gasteiger charge is -2.26. The molecule has 0 heterocycles. The fourth-order valence-electron chi connectivity index (χ4n) is 3.35. The summed E-state index contributed by atoms with van der Waals surface area (Å²) in [5, 5.41) is 9.28. The van der Waals surface area contributed by atoms with Gasteiger partial charge in [-0.25, -0.2) is 0 Å². The Labute approximate surface area is 137 Å². The van der Waals surface area contributed by atoms with Gasteiger partial charge in [0.2, 0.25) is 11.8 Å². The Morgan fingerprint density at radius 3 is 2.48 bits per heavy atom. The molecule has 1 aromatic rings. The smallest absolute Gasteiger partial charge is 0.241 e. The van der Waals surface area contributed by atoms with Gasteiger partial charge in [0.05, 0.1) is 5.92 Å². The SMILES string of the molecule is CNC(=O)[C@@H]1CCC[C@H]1N[C@@H](C(=O)NC1CC1)c1ccccc1. The zero-order chi connectivity index (χ0) is 16.2. The number of nitrogens with one attached hydrogen (secondary N) is 3. The molecule has 0 aromatic heterocycles. The molecular weight excluding hydrogens is 290 g/mol. The van der Waals surface area contributed by atoms with E-state index >= 15 is 0 Å². The molecule has 0 aliphatic heterocycles. The number of carbonyl (C=O) groups is 2. The summed E-state index contributed by atoms with van der Waals surface area (Å²) in [6.07, 6.45) is 4.96. The Morgan fingerprint density at radius 2 is 1.83 bits per heavy atom. The number of hydrogen-bond acceptors (Lipinski definition) is 3. The molecule has 0 bridgehead atoms. The van der Waals surface area contributed by atoms with E-state index in [4.69, 9.17) is 0 Å². The minimum Gasteiger partial charge on any atom is -0.359 e. The van der Waals surface area contributed by atoms with Gasteiger partial charge in [0.25, 0.3) is 0 Å². The van der Waals surface area contributed by atoms with Gasteiger partial charge >= 0.3 is 0 Å². The average molecular weight is 315 g/mol. The largest absolute Gasteiger partial charge is 0.359 e. The van der Waals surface area contributed by atoms with E-state index in [0.29, 0.717) is 6.04 Å². The second-order valence-electron chi connectivity index (χ2n) is 6.55. The minimum absolute atomic E-state index is 0.0151. The van der Waals surface area contributed by atoms with Crippen molar-refractivity contribution in [2.45, 2.75) is 50.2 Å². The van der Waals surface area contributed by atoms with Gasteiger partial charge in [-0.05, 0) is 31.2 Å². The Hall–Kier alpha value is -1.88. The van der Waals surface area contributed by atoms with E-state index < -0.39 is 6.04 Å². The summed E-state index contributed by atoms with van der Waals surface area (Å²) in [4.78, 5) is 24.7. The van der Waals surface area contributed by atoms with Crippen molar-refractivity contribution < 1.29 is 9.59 Å². The summed E-state index contributed by atoms with van der Waals surface area (Å²) < 4.78 is 0. The molecule has 0 spiro atoms. The monoisotopic (exact) mass is 315 g/mol. The van der Waals surface area contributed by atoms with Gasteiger partial charge in [-0.2, -0.15) is 0 Å². The molecule has 3 rings (SSSR count). The van der Waals surface area contributed by atoms with Gasteiger partial charge in [-0.3, -0.25) is 14.9 Å². The summed E-state index contributed by atoms with van der Waals surface area (Å²) in [7, 11) is 1.67. The number of benzene rings is 1. The van der Waals surface area contributed by atoms with E-state index in [0.717, 1.165) is 37.7 Å². The van der Waals surface area contributed by atoms with Crippen LogP contribution in [0.15, 0.2) is 30.3 Å². The molecule has 2 fully saturated rings. The topological polar surface area (TPSA) is 70.2 Å². The first-order valence-corrected chi connectivity index (χ1v) is 8.52. The molecule has 3 atom stereocenters. The lowest BCUT2D eigenvalue weighted by molar-refractivity contribution is -0.127. The van der Waals surface area contributed by atoms with Crippen molar-refractivity contribution in [3.05, 3.63) is 35.9 Å². The van der Waals surface area contributed by atoms with Crippen molar-refractivity contribution >= 4 is 11.8 Å². The van der Waals surface area contributed by atoms with Crippen LogP contribution in [0.5, 0.6) is 0 Å². The zero-order valence-electron chi connectivity index (χ0n) is 13.5. The highest BCUT2D eigenvalue weighted by Gasteiger charge is 2.36. The number of amides is 2. The number of carbonyl (C=O) groups excluding carboxylic acids is 2. The van der Waals surface area contributed by atoms with Gasteiger partial charge in [0, 0.05) is 19.1 Å². The molecule has 3 N–H and O–H groups in total.